The SMILES string of the molecule is C[C@H](N[C@@H]1c2cccc3c2[C@@H](C[C@H]1O)CN3C(=O)c1ccccc1)c1ccccc1. The van der Waals surface area contributed by atoms with Crippen LogP contribution in [0.5, 0.6) is 0 Å². The molecule has 0 fully saturated rings. The van der Waals surface area contributed by atoms with Gasteiger partial charge in [-0.1, -0.05) is 60.7 Å². The van der Waals surface area contributed by atoms with E-state index in [0.717, 1.165) is 11.3 Å². The number of nitrogens with one attached hydrogen (secondary N) is 1. The zero-order chi connectivity index (χ0) is 20.7. The number of nitrogens with zero attached hydrogens (tertiary/aromatic N) is 1. The second-order valence-corrected chi connectivity index (χ2v) is 8.34. The van der Waals surface area contributed by atoms with E-state index >= 15 is 0 Å². The van der Waals surface area contributed by atoms with Gasteiger partial charge in [0.15, 0.2) is 0 Å². The molecule has 0 spiro atoms. The number of hydrogen-bond acceptors (Lipinski definition) is 3. The first-order valence-electron chi connectivity index (χ1n) is 10.6. The lowest BCUT2D eigenvalue weighted by Gasteiger charge is -2.35. The minimum absolute atomic E-state index is 0.0232. The molecular weight excluding hydrogens is 372 g/mol. The minimum atomic E-state index is -0.490. The largest absolute Gasteiger partial charge is 0.391 e. The summed E-state index contributed by atoms with van der Waals surface area (Å²) in [4.78, 5) is 15.1. The van der Waals surface area contributed by atoms with E-state index in [2.05, 4.69) is 30.4 Å². The number of carbonyl (C=O) groups excluding carboxylic acids is 1. The fourth-order valence-corrected chi connectivity index (χ4v) is 5.00. The molecule has 1 heterocycles. The van der Waals surface area contributed by atoms with Crippen LogP contribution in [-0.4, -0.2) is 23.7 Å². The molecule has 30 heavy (non-hydrogen) atoms. The summed E-state index contributed by atoms with van der Waals surface area (Å²) in [6, 6.07) is 25.8. The van der Waals surface area contributed by atoms with E-state index < -0.39 is 6.10 Å². The van der Waals surface area contributed by atoms with Crippen molar-refractivity contribution in [3.63, 3.8) is 0 Å². The molecule has 4 nitrogen and oxygen atoms in total. The highest BCUT2D eigenvalue weighted by Gasteiger charge is 2.42. The first-order valence-corrected chi connectivity index (χ1v) is 10.6. The van der Waals surface area contributed by atoms with Gasteiger partial charge in [-0.25, -0.2) is 0 Å². The van der Waals surface area contributed by atoms with Gasteiger partial charge in [-0.2, -0.15) is 0 Å². The number of hydrogen-bond donors (Lipinski definition) is 2. The molecule has 1 aliphatic carbocycles. The van der Waals surface area contributed by atoms with Crippen LogP contribution in [0.15, 0.2) is 78.9 Å². The van der Waals surface area contributed by atoms with Gasteiger partial charge < -0.3 is 15.3 Å². The maximum absolute atomic E-state index is 13.2. The smallest absolute Gasteiger partial charge is 0.258 e. The third-order valence-electron chi connectivity index (χ3n) is 6.46. The van der Waals surface area contributed by atoms with E-state index in [1.54, 1.807) is 0 Å². The van der Waals surface area contributed by atoms with Gasteiger partial charge in [0.05, 0.1) is 12.1 Å². The number of anilines is 1. The van der Waals surface area contributed by atoms with Crippen LogP contribution < -0.4 is 10.2 Å². The molecule has 4 heteroatoms. The normalized spacial score (nSPS) is 23.1. The van der Waals surface area contributed by atoms with Crippen LogP contribution >= 0.6 is 0 Å². The van der Waals surface area contributed by atoms with E-state index in [0.29, 0.717) is 18.5 Å². The number of carbonyl (C=O) groups is 1. The molecule has 1 amide bonds. The quantitative estimate of drug-likeness (QED) is 0.676. The molecule has 2 aliphatic rings. The Morgan fingerprint density at radius 2 is 1.70 bits per heavy atom. The zero-order valence-electron chi connectivity index (χ0n) is 17.0. The van der Waals surface area contributed by atoms with Crippen molar-refractivity contribution >= 4 is 11.6 Å². The molecule has 2 N–H and O–H groups in total. The van der Waals surface area contributed by atoms with Crippen LogP contribution in [0.4, 0.5) is 5.69 Å². The van der Waals surface area contributed by atoms with Gasteiger partial charge >= 0.3 is 0 Å². The highest BCUT2D eigenvalue weighted by atomic mass is 16.3. The van der Waals surface area contributed by atoms with E-state index in [1.165, 1.54) is 11.1 Å². The Morgan fingerprint density at radius 1 is 1.00 bits per heavy atom. The molecule has 0 aromatic heterocycles. The lowest BCUT2D eigenvalue weighted by atomic mass is 9.79. The van der Waals surface area contributed by atoms with Gasteiger partial charge in [0.1, 0.15) is 0 Å². The van der Waals surface area contributed by atoms with Gasteiger partial charge in [-0.15, -0.1) is 0 Å². The van der Waals surface area contributed by atoms with Crippen LogP contribution in [0.3, 0.4) is 0 Å². The Kier molecular flexibility index (Phi) is 4.89. The maximum atomic E-state index is 13.2. The van der Waals surface area contributed by atoms with Crippen LogP contribution in [-0.2, 0) is 0 Å². The van der Waals surface area contributed by atoms with Crippen LogP contribution in [0, 0.1) is 0 Å². The number of rotatable bonds is 4. The third-order valence-corrected chi connectivity index (χ3v) is 6.46. The molecule has 0 unspecified atom stereocenters. The zero-order valence-corrected chi connectivity index (χ0v) is 17.0. The number of aliphatic hydroxyl groups is 1. The Bertz CT molecular complexity index is 1050. The topological polar surface area (TPSA) is 52.6 Å². The summed E-state index contributed by atoms with van der Waals surface area (Å²) in [6.07, 6.45) is 0.164. The first kappa shape index (κ1) is 19.0. The molecule has 3 aromatic rings. The van der Waals surface area contributed by atoms with E-state index in [9.17, 15) is 9.90 Å². The Hall–Kier alpha value is -2.95. The average Bonchev–Trinajstić information content (AvgIpc) is 3.16. The molecular formula is C26H26N2O2. The summed E-state index contributed by atoms with van der Waals surface area (Å²) < 4.78 is 0. The molecule has 0 saturated carbocycles. The second kappa shape index (κ2) is 7.71. The van der Waals surface area contributed by atoms with Crippen molar-refractivity contribution in [3.05, 3.63) is 101 Å². The van der Waals surface area contributed by atoms with Crippen molar-refractivity contribution in [1.29, 1.82) is 0 Å². The molecule has 0 radical (unpaired) electrons. The highest BCUT2D eigenvalue weighted by Crippen LogP contribution is 2.48. The fraction of sp³-hybridized carbons (Fsp3) is 0.269. The van der Waals surface area contributed by atoms with Gasteiger partial charge in [0, 0.05) is 29.8 Å². The highest BCUT2D eigenvalue weighted by molar-refractivity contribution is 6.07. The van der Waals surface area contributed by atoms with Gasteiger partial charge in [-0.05, 0) is 48.2 Å². The molecule has 1 aliphatic heterocycles. The van der Waals surface area contributed by atoms with Gasteiger partial charge in [-0.3, -0.25) is 4.79 Å². The average molecular weight is 399 g/mol. The fourth-order valence-electron chi connectivity index (χ4n) is 5.00. The lowest BCUT2D eigenvalue weighted by Crippen LogP contribution is -2.38. The molecule has 4 atom stereocenters. The monoisotopic (exact) mass is 398 g/mol. The van der Waals surface area contributed by atoms with Crippen molar-refractivity contribution in [1.82, 2.24) is 5.32 Å². The summed E-state index contributed by atoms with van der Waals surface area (Å²) in [5.74, 6) is 0.194. The summed E-state index contributed by atoms with van der Waals surface area (Å²) in [7, 11) is 0. The third kappa shape index (κ3) is 3.22. The predicted octanol–water partition coefficient (Wildman–Crippen LogP) is 4.59. The van der Waals surface area contributed by atoms with E-state index in [4.69, 9.17) is 0 Å². The molecule has 3 aromatic carbocycles. The van der Waals surface area contributed by atoms with Crippen molar-refractivity contribution in [2.24, 2.45) is 0 Å². The van der Waals surface area contributed by atoms with Crippen LogP contribution in [0.2, 0.25) is 0 Å². The van der Waals surface area contributed by atoms with Crippen LogP contribution in [0.25, 0.3) is 0 Å². The minimum Gasteiger partial charge on any atom is -0.391 e. The Morgan fingerprint density at radius 3 is 2.43 bits per heavy atom. The predicted molar refractivity (Wildman–Crippen MR) is 119 cm³/mol. The van der Waals surface area contributed by atoms with Crippen molar-refractivity contribution < 1.29 is 9.90 Å². The van der Waals surface area contributed by atoms with E-state index in [1.807, 2.05) is 65.6 Å². The van der Waals surface area contributed by atoms with Gasteiger partial charge in [0.25, 0.3) is 5.91 Å². The van der Waals surface area contributed by atoms with Crippen LogP contribution in [0.1, 0.15) is 58.4 Å². The summed E-state index contributed by atoms with van der Waals surface area (Å²) in [6.45, 7) is 2.75. The number of aliphatic hydroxyl groups excluding tert-OH is 1. The number of amides is 1. The maximum Gasteiger partial charge on any atom is 0.258 e. The van der Waals surface area contributed by atoms with Gasteiger partial charge in [0.2, 0.25) is 0 Å². The molecule has 5 rings (SSSR count). The molecule has 152 valence electrons. The van der Waals surface area contributed by atoms with Crippen molar-refractivity contribution in [3.8, 4) is 0 Å². The molecule has 0 bridgehead atoms. The first-order chi connectivity index (χ1) is 14.6. The van der Waals surface area contributed by atoms with Crippen molar-refractivity contribution in [2.75, 3.05) is 11.4 Å². The lowest BCUT2D eigenvalue weighted by molar-refractivity contribution is 0.0940. The second-order valence-electron chi connectivity index (χ2n) is 8.34. The Labute approximate surface area is 177 Å². The summed E-state index contributed by atoms with van der Waals surface area (Å²) in [5, 5.41) is 14.7. The Balaban J connectivity index is 1.48. The van der Waals surface area contributed by atoms with Crippen molar-refractivity contribution in [2.45, 2.75) is 37.5 Å². The number of benzene rings is 3. The van der Waals surface area contributed by atoms with E-state index in [-0.39, 0.29) is 23.9 Å². The summed E-state index contributed by atoms with van der Waals surface area (Å²) >= 11 is 0. The summed E-state index contributed by atoms with van der Waals surface area (Å²) in [5.41, 5.74) is 5.20. The standard InChI is InChI=1S/C26H26N2O2/c1-17(18-9-4-2-5-10-18)27-25-21-13-8-14-22-24(21)20(15-23(25)29)16-28(22)26(30)19-11-6-3-7-12-19/h2-14,17,20,23,25,27,29H,15-16H2,1H3/t17-,20-,23+,25+/m0/s1. The molecule has 0 saturated heterocycles.